The van der Waals surface area contributed by atoms with Crippen LogP contribution in [0.5, 0.6) is 0 Å². The van der Waals surface area contributed by atoms with Crippen LogP contribution in [0.4, 0.5) is 0 Å². The van der Waals surface area contributed by atoms with Gasteiger partial charge in [0, 0.05) is 6.42 Å². The minimum absolute atomic E-state index is 0.313. The first-order chi connectivity index (χ1) is 5.27. The van der Waals surface area contributed by atoms with Crippen molar-refractivity contribution in [3.05, 3.63) is 0 Å². The first kappa shape index (κ1) is 10.6. The minimum atomic E-state index is 0.313. The van der Waals surface area contributed by atoms with Gasteiger partial charge in [-0.25, -0.2) is 0 Å². The molecule has 0 amide bonds. The Balaban J connectivity index is 2.85. The summed E-state index contributed by atoms with van der Waals surface area (Å²) >= 11 is 0. The van der Waals surface area contributed by atoms with Crippen molar-refractivity contribution in [3.63, 3.8) is 0 Å². The topological polar surface area (TPSA) is 29.1 Å². The Morgan fingerprint density at radius 3 is 2.55 bits per heavy atom. The predicted octanol–water partition coefficient (Wildman–Crippen LogP) is 1.75. The number of carbonyl (C=O) groups is 1. The predicted molar refractivity (Wildman–Crippen MR) is 47.7 cm³/mol. The van der Waals surface area contributed by atoms with Gasteiger partial charge in [-0.3, -0.25) is 0 Å². The first-order valence-corrected chi connectivity index (χ1v) is 4.47. The lowest BCUT2D eigenvalue weighted by Gasteiger charge is -1.99. The summed E-state index contributed by atoms with van der Waals surface area (Å²) in [6.45, 7) is 5.90. The summed E-state index contributed by atoms with van der Waals surface area (Å²) in [5, 5.41) is 3.25. The van der Waals surface area contributed by atoms with E-state index in [0.717, 1.165) is 25.9 Å². The van der Waals surface area contributed by atoms with Crippen molar-refractivity contribution in [1.29, 1.82) is 0 Å². The highest BCUT2D eigenvalue weighted by Gasteiger charge is 1.92. The van der Waals surface area contributed by atoms with Crippen LogP contribution in [0.15, 0.2) is 0 Å². The van der Waals surface area contributed by atoms with Gasteiger partial charge >= 0.3 is 0 Å². The van der Waals surface area contributed by atoms with E-state index in [1.54, 1.807) is 6.92 Å². The number of ketones is 1. The van der Waals surface area contributed by atoms with Crippen molar-refractivity contribution in [1.82, 2.24) is 5.32 Å². The highest BCUT2D eigenvalue weighted by molar-refractivity contribution is 5.75. The highest BCUT2D eigenvalue weighted by Crippen LogP contribution is 1.98. The van der Waals surface area contributed by atoms with Gasteiger partial charge in [-0.05, 0) is 32.9 Å². The van der Waals surface area contributed by atoms with Gasteiger partial charge in [-0.15, -0.1) is 0 Å². The molecule has 0 bridgehead atoms. The van der Waals surface area contributed by atoms with Crippen molar-refractivity contribution < 1.29 is 4.79 Å². The molecule has 0 atom stereocenters. The fraction of sp³-hybridized carbons (Fsp3) is 0.889. The molecule has 0 aliphatic rings. The van der Waals surface area contributed by atoms with Crippen molar-refractivity contribution >= 4 is 5.78 Å². The Kier molecular flexibility index (Phi) is 7.47. The highest BCUT2D eigenvalue weighted by atomic mass is 16.1. The molecule has 0 aliphatic carbocycles. The van der Waals surface area contributed by atoms with Gasteiger partial charge in [0.25, 0.3) is 0 Å². The van der Waals surface area contributed by atoms with Gasteiger partial charge in [-0.1, -0.05) is 13.3 Å². The largest absolute Gasteiger partial charge is 0.317 e. The number of rotatable bonds is 7. The van der Waals surface area contributed by atoms with Crippen LogP contribution in [-0.4, -0.2) is 18.9 Å². The number of nitrogens with one attached hydrogen (secondary N) is 1. The molecule has 0 aliphatic heterocycles. The van der Waals surface area contributed by atoms with Gasteiger partial charge in [0.1, 0.15) is 5.78 Å². The zero-order chi connectivity index (χ0) is 8.53. The summed E-state index contributed by atoms with van der Waals surface area (Å²) < 4.78 is 0. The van der Waals surface area contributed by atoms with E-state index in [2.05, 4.69) is 12.2 Å². The van der Waals surface area contributed by atoms with E-state index in [-0.39, 0.29) is 0 Å². The SMILES string of the molecule is CCNCCCCCC(C)=O. The average Bonchev–Trinajstić information content (AvgIpc) is 1.96. The zero-order valence-corrected chi connectivity index (χ0v) is 7.65. The third-order valence-electron chi connectivity index (χ3n) is 1.63. The molecule has 0 rings (SSSR count). The normalized spacial score (nSPS) is 10.0. The van der Waals surface area contributed by atoms with Crippen LogP contribution in [-0.2, 0) is 4.79 Å². The molecule has 1 N–H and O–H groups in total. The maximum absolute atomic E-state index is 10.5. The molecule has 0 spiro atoms. The van der Waals surface area contributed by atoms with Crippen molar-refractivity contribution in [2.75, 3.05) is 13.1 Å². The summed E-state index contributed by atoms with van der Waals surface area (Å²) in [7, 11) is 0. The maximum Gasteiger partial charge on any atom is 0.129 e. The van der Waals surface area contributed by atoms with Crippen LogP contribution in [0, 0.1) is 0 Å². The van der Waals surface area contributed by atoms with Gasteiger partial charge in [-0.2, -0.15) is 0 Å². The molecule has 0 radical (unpaired) electrons. The molecule has 0 heterocycles. The number of unbranched alkanes of at least 4 members (excludes halogenated alkanes) is 2. The molecular weight excluding hydrogens is 138 g/mol. The molecule has 0 unspecified atom stereocenters. The Morgan fingerprint density at radius 1 is 1.27 bits per heavy atom. The number of Topliss-reactive ketones (excluding diaryl/α,β-unsaturated/α-hetero) is 1. The van der Waals surface area contributed by atoms with E-state index >= 15 is 0 Å². The van der Waals surface area contributed by atoms with E-state index in [1.807, 2.05) is 0 Å². The lowest BCUT2D eigenvalue weighted by atomic mass is 10.1. The molecule has 0 aromatic rings. The average molecular weight is 157 g/mol. The third kappa shape index (κ3) is 9.63. The van der Waals surface area contributed by atoms with Crippen LogP contribution in [0.3, 0.4) is 0 Å². The molecule has 2 heteroatoms. The monoisotopic (exact) mass is 157 g/mol. The van der Waals surface area contributed by atoms with Crippen LogP contribution >= 0.6 is 0 Å². The van der Waals surface area contributed by atoms with Crippen molar-refractivity contribution in [2.24, 2.45) is 0 Å². The van der Waals surface area contributed by atoms with Crippen molar-refractivity contribution in [3.8, 4) is 0 Å². The molecule has 11 heavy (non-hydrogen) atoms. The second-order valence-corrected chi connectivity index (χ2v) is 2.87. The molecule has 0 saturated heterocycles. The van der Waals surface area contributed by atoms with Crippen molar-refractivity contribution in [2.45, 2.75) is 39.5 Å². The van der Waals surface area contributed by atoms with E-state index in [4.69, 9.17) is 0 Å². The Hall–Kier alpha value is -0.370. The lowest BCUT2D eigenvalue weighted by Crippen LogP contribution is -2.13. The van der Waals surface area contributed by atoms with E-state index in [9.17, 15) is 4.79 Å². The van der Waals surface area contributed by atoms with E-state index in [0.29, 0.717) is 5.78 Å². The molecule has 66 valence electrons. The number of carbonyl (C=O) groups excluding carboxylic acids is 1. The standard InChI is InChI=1S/C9H19NO/c1-3-10-8-6-4-5-7-9(2)11/h10H,3-8H2,1-2H3. The molecular formula is C9H19NO. The maximum atomic E-state index is 10.5. The summed E-state index contributed by atoms with van der Waals surface area (Å²) in [6, 6.07) is 0. The molecule has 0 saturated carbocycles. The zero-order valence-electron chi connectivity index (χ0n) is 7.65. The quantitative estimate of drug-likeness (QED) is 0.570. The van der Waals surface area contributed by atoms with E-state index < -0.39 is 0 Å². The van der Waals surface area contributed by atoms with Crippen LogP contribution in [0.2, 0.25) is 0 Å². The van der Waals surface area contributed by atoms with Crippen LogP contribution in [0.25, 0.3) is 0 Å². The second kappa shape index (κ2) is 7.73. The first-order valence-electron chi connectivity index (χ1n) is 4.47. The Bertz CT molecular complexity index is 102. The Labute approximate surface area is 69.4 Å². The molecule has 0 aromatic carbocycles. The van der Waals surface area contributed by atoms with Gasteiger partial charge in [0.2, 0.25) is 0 Å². The second-order valence-electron chi connectivity index (χ2n) is 2.87. The number of hydrogen-bond acceptors (Lipinski definition) is 2. The summed E-state index contributed by atoms with van der Waals surface area (Å²) in [4.78, 5) is 10.5. The molecule has 0 fully saturated rings. The summed E-state index contributed by atoms with van der Waals surface area (Å²) in [6.07, 6.45) is 4.18. The number of hydrogen-bond donors (Lipinski definition) is 1. The fourth-order valence-corrected chi connectivity index (χ4v) is 0.977. The molecule has 0 aromatic heterocycles. The van der Waals surface area contributed by atoms with Gasteiger partial charge < -0.3 is 10.1 Å². The lowest BCUT2D eigenvalue weighted by molar-refractivity contribution is -0.117. The fourth-order valence-electron chi connectivity index (χ4n) is 0.977. The van der Waals surface area contributed by atoms with Gasteiger partial charge in [0.05, 0.1) is 0 Å². The van der Waals surface area contributed by atoms with E-state index in [1.165, 1.54) is 12.8 Å². The van der Waals surface area contributed by atoms with Crippen LogP contribution in [0.1, 0.15) is 39.5 Å². The summed E-state index contributed by atoms with van der Waals surface area (Å²) in [5.41, 5.74) is 0. The van der Waals surface area contributed by atoms with Crippen LogP contribution < -0.4 is 5.32 Å². The minimum Gasteiger partial charge on any atom is -0.317 e. The molecule has 2 nitrogen and oxygen atoms in total. The third-order valence-corrected chi connectivity index (χ3v) is 1.63. The summed E-state index contributed by atoms with van der Waals surface area (Å²) in [5.74, 6) is 0.313. The smallest absolute Gasteiger partial charge is 0.129 e. The van der Waals surface area contributed by atoms with Gasteiger partial charge in [0.15, 0.2) is 0 Å². The Morgan fingerprint density at radius 2 is 2.00 bits per heavy atom.